The number of ether oxygens (including phenoxy) is 2. The lowest BCUT2D eigenvalue weighted by molar-refractivity contribution is 0.0830. The maximum absolute atomic E-state index is 5.50. The van der Waals surface area contributed by atoms with E-state index in [9.17, 15) is 0 Å². The van der Waals surface area contributed by atoms with Crippen molar-refractivity contribution < 1.29 is 9.47 Å². The van der Waals surface area contributed by atoms with E-state index in [0.717, 1.165) is 19.0 Å². The number of hydrogen-bond donors (Lipinski definition) is 0. The maximum atomic E-state index is 5.50. The molecular weight excluding hydrogens is 292 g/mol. The zero-order valence-electron chi connectivity index (χ0n) is 14.4. The van der Waals surface area contributed by atoms with E-state index in [2.05, 4.69) is 26.8 Å². The average molecular weight is 320 g/mol. The minimum atomic E-state index is 0.538. The highest BCUT2D eigenvalue weighted by Crippen LogP contribution is 2.38. The van der Waals surface area contributed by atoms with Gasteiger partial charge in [0.2, 0.25) is 5.88 Å². The lowest BCUT2D eigenvalue weighted by atomic mass is 9.96. The van der Waals surface area contributed by atoms with Gasteiger partial charge in [-0.1, -0.05) is 0 Å². The molecule has 0 radical (unpaired) electrons. The molecule has 0 amide bonds. The van der Waals surface area contributed by atoms with Crippen LogP contribution in [0.5, 0.6) is 5.88 Å². The van der Waals surface area contributed by atoms with Crippen molar-refractivity contribution in [3.05, 3.63) is 12.4 Å². The predicted molar refractivity (Wildman–Crippen MR) is 90.0 cm³/mol. The van der Waals surface area contributed by atoms with Crippen LogP contribution >= 0.6 is 0 Å². The van der Waals surface area contributed by atoms with Crippen LogP contribution in [0.4, 0.5) is 5.82 Å². The van der Waals surface area contributed by atoms with E-state index in [0.29, 0.717) is 30.6 Å². The standard InChI is InChI=1S/C17H28N4O2/c1-4-23-17-11-16(18-12-19-17)20(2)15-9-13-5-6-14(10-15)21(13)7-8-22-3/h11-15H,4-10H2,1-3H3. The Morgan fingerprint density at radius 2 is 2.00 bits per heavy atom. The molecule has 3 rings (SSSR count). The Labute approximate surface area is 138 Å². The van der Waals surface area contributed by atoms with E-state index in [4.69, 9.17) is 9.47 Å². The molecule has 0 saturated carbocycles. The number of aromatic nitrogens is 2. The van der Waals surface area contributed by atoms with Gasteiger partial charge in [0, 0.05) is 44.9 Å². The van der Waals surface area contributed by atoms with Crippen LogP contribution in [0.2, 0.25) is 0 Å². The second kappa shape index (κ2) is 7.45. The molecule has 1 aromatic heterocycles. The number of anilines is 1. The largest absolute Gasteiger partial charge is 0.478 e. The van der Waals surface area contributed by atoms with Gasteiger partial charge in [-0.3, -0.25) is 4.90 Å². The molecule has 6 heteroatoms. The third-order valence-corrected chi connectivity index (χ3v) is 5.24. The molecule has 1 aromatic rings. The molecule has 23 heavy (non-hydrogen) atoms. The molecule has 128 valence electrons. The second-order valence-corrected chi connectivity index (χ2v) is 6.50. The van der Waals surface area contributed by atoms with Crippen LogP contribution < -0.4 is 9.64 Å². The van der Waals surface area contributed by atoms with Crippen LogP contribution in [0.15, 0.2) is 12.4 Å². The minimum Gasteiger partial charge on any atom is -0.478 e. The number of piperidine rings is 1. The van der Waals surface area contributed by atoms with Crippen LogP contribution in [0.1, 0.15) is 32.6 Å². The summed E-state index contributed by atoms with van der Waals surface area (Å²) in [6.07, 6.45) is 6.62. The third-order valence-electron chi connectivity index (χ3n) is 5.24. The third kappa shape index (κ3) is 3.58. The summed E-state index contributed by atoms with van der Waals surface area (Å²) in [5.74, 6) is 1.61. The van der Waals surface area contributed by atoms with Crippen molar-refractivity contribution in [1.29, 1.82) is 0 Å². The SMILES string of the molecule is CCOc1cc(N(C)C2CC3CCC(C2)N3CCOC)ncn1. The monoisotopic (exact) mass is 320 g/mol. The Bertz CT molecular complexity index is 499. The molecule has 2 aliphatic rings. The molecule has 2 bridgehead atoms. The van der Waals surface area contributed by atoms with Gasteiger partial charge in [0.25, 0.3) is 0 Å². The van der Waals surface area contributed by atoms with Gasteiger partial charge < -0.3 is 14.4 Å². The Morgan fingerprint density at radius 1 is 1.26 bits per heavy atom. The van der Waals surface area contributed by atoms with Crippen LogP contribution in [0, 0.1) is 0 Å². The zero-order valence-corrected chi connectivity index (χ0v) is 14.4. The minimum absolute atomic E-state index is 0.538. The van der Waals surface area contributed by atoms with E-state index in [1.807, 2.05) is 13.0 Å². The summed E-state index contributed by atoms with van der Waals surface area (Å²) in [5.41, 5.74) is 0. The molecular formula is C17H28N4O2. The molecule has 2 unspecified atom stereocenters. The van der Waals surface area contributed by atoms with Crippen LogP contribution in [0.25, 0.3) is 0 Å². The number of fused-ring (bicyclic) bond motifs is 2. The molecule has 2 aliphatic heterocycles. The van der Waals surface area contributed by atoms with Gasteiger partial charge in [-0.15, -0.1) is 0 Å². The molecule has 0 aliphatic carbocycles. The van der Waals surface area contributed by atoms with E-state index >= 15 is 0 Å². The van der Waals surface area contributed by atoms with E-state index in [-0.39, 0.29) is 0 Å². The molecule has 2 saturated heterocycles. The van der Waals surface area contributed by atoms with Gasteiger partial charge >= 0.3 is 0 Å². The molecule has 3 heterocycles. The van der Waals surface area contributed by atoms with Gasteiger partial charge in [0.05, 0.1) is 13.2 Å². The van der Waals surface area contributed by atoms with Crippen molar-refractivity contribution in [2.75, 3.05) is 38.8 Å². The van der Waals surface area contributed by atoms with Gasteiger partial charge in [-0.25, -0.2) is 9.97 Å². The molecule has 2 fully saturated rings. The summed E-state index contributed by atoms with van der Waals surface area (Å²) in [5, 5.41) is 0. The molecule has 0 spiro atoms. The Hall–Kier alpha value is -1.40. The second-order valence-electron chi connectivity index (χ2n) is 6.50. The lowest BCUT2D eigenvalue weighted by Gasteiger charge is -2.42. The highest BCUT2D eigenvalue weighted by Gasteiger charge is 2.41. The fourth-order valence-corrected chi connectivity index (χ4v) is 4.06. The Kier molecular flexibility index (Phi) is 5.33. The molecule has 6 nitrogen and oxygen atoms in total. The molecule has 0 N–H and O–H groups in total. The predicted octanol–water partition coefficient (Wildman–Crippen LogP) is 1.95. The fourth-order valence-electron chi connectivity index (χ4n) is 4.06. The highest BCUT2D eigenvalue weighted by molar-refractivity contribution is 5.41. The highest BCUT2D eigenvalue weighted by atomic mass is 16.5. The quantitative estimate of drug-likeness (QED) is 0.765. The summed E-state index contributed by atoms with van der Waals surface area (Å²) < 4.78 is 10.8. The van der Waals surface area contributed by atoms with Gasteiger partial charge in [-0.05, 0) is 32.6 Å². The van der Waals surface area contributed by atoms with Gasteiger partial charge in [-0.2, -0.15) is 0 Å². The van der Waals surface area contributed by atoms with Crippen molar-refractivity contribution in [3.8, 4) is 5.88 Å². The van der Waals surface area contributed by atoms with Crippen LogP contribution in [0.3, 0.4) is 0 Å². The van der Waals surface area contributed by atoms with Crippen LogP contribution in [-0.2, 0) is 4.74 Å². The first-order valence-corrected chi connectivity index (χ1v) is 8.65. The number of rotatable bonds is 7. The molecule has 2 atom stereocenters. The summed E-state index contributed by atoms with van der Waals surface area (Å²) in [7, 11) is 3.93. The first kappa shape index (κ1) is 16.5. The average Bonchev–Trinajstić information content (AvgIpc) is 2.80. The van der Waals surface area contributed by atoms with Crippen molar-refractivity contribution in [2.24, 2.45) is 0 Å². The van der Waals surface area contributed by atoms with Crippen molar-refractivity contribution >= 4 is 5.82 Å². The first-order chi connectivity index (χ1) is 11.2. The van der Waals surface area contributed by atoms with Gasteiger partial charge in [0.15, 0.2) is 0 Å². The van der Waals surface area contributed by atoms with Crippen LogP contribution in [-0.4, -0.2) is 66.9 Å². The van der Waals surface area contributed by atoms with Crippen molar-refractivity contribution in [2.45, 2.75) is 50.7 Å². The summed E-state index contributed by atoms with van der Waals surface area (Å²) >= 11 is 0. The summed E-state index contributed by atoms with van der Waals surface area (Å²) in [6.45, 7) is 4.49. The zero-order chi connectivity index (χ0) is 16.2. The topological polar surface area (TPSA) is 50.7 Å². The Balaban J connectivity index is 1.65. The van der Waals surface area contributed by atoms with E-state index in [1.165, 1.54) is 25.7 Å². The van der Waals surface area contributed by atoms with Crippen molar-refractivity contribution in [3.63, 3.8) is 0 Å². The lowest BCUT2D eigenvalue weighted by Crippen LogP contribution is -2.50. The summed E-state index contributed by atoms with van der Waals surface area (Å²) in [4.78, 5) is 13.6. The van der Waals surface area contributed by atoms with Crippen molar-refractivity contribution in [1.82, 2.24) is 14.9 Å². The number of nitrogens with zero attached hydrogens (tertiary/aromatic N) is 4. The fraction of sp³-hybridized carbons (Fsp3) is 0.765. The Morgan fingerprint density at radius 3 is 2.65 bits per heavy atom. The normalized spacial score (nSPS) is 27.2. The van der Waals surface area contributed by atoms with Gasteiger partial charge in [0.1, 0.15) is 12.1 Å². The number of methoxy groups -OCH3 is 1. The number of hydrogen-bond acceptors (Lipinski definition) is 6. The smallest absolute Gasteiger partial charge is 0.218 e. The maximum Gasteiger partial charge on any atom is 0.218 e. The molecule has 0 aromatic carbocycles. The summed E-state index contributed by atoms with van der Waals surface area (Å²) in [6, 6.07) is 3.85. The first-order valence-electron chi connectivity index (χ1n) is 8.65. The van der Waals surface area contributed by atoms with E-state index < -0.39 is 0 Å². The van der Waals surface area contributed by atoms with E-state index in [1.54, 1.807) is 13.4 Å².